The van der Waals surface area contributed by atoms with Crippen LogP contribution in [0.15, 0.2) is 30.5 Å². The van der Waals surface area contributed by atoms with Gasteiger partial charge in [-0.1, -0.05) is 19.1 Å². The zero-order valence-electron chi connectivity index (χ0n) is 11.8. The molecule has 1 aromatic heterocycles. The van der Waals surface area contributed by atoms with Crippen molar-refractivity contribution >= 4 is 0 Å². The number of hydrogen-bond donors (Lipinski definition) is 1. The molecule has 0 saturated carbocycles. The van der Waals surface area contributed by atoms with Crippen molar-refractivity contribution in [1.29, 1.82) is 0 Å². The Morgan fingerprint density at radius 1 is 1.37 bits per heavy atom. The summed E-state index contributed by atoms with van der Waals surface area (Å²) in [5, 5.41) is 7.78. The normalized spacial score (nSPS) is 10.7. The second kappa shape index (κ2) is 6.38. The Balaban J connectivity index is 2.12. The fourth-order valence-corrected chi connectivity index (χ4v) is 2.02. The molecule has 4 nitrogen and oxygen atoms in total. The monoisotopic (exact) mass is 259 g/mol. The highest BCUT2D eigenvalue weighted by Crippen LogP contribution is 2.15. The van der Waals surface area contributed by atoms with Gasteiger partial charge < -0.3 is 10.1 Å². The Morgan fingerprint density at radius 3 is 2.95 bits per heavy atom. The number of aromatic nitrogens is 2. The van der Waals surface area contributed by atoms with E-state index >= 15 is 0 Å². The number of methoxy groups -OCH3 is 1. The summed E-state index contributed by atoms with van der Waals surface area (Å²) in [7, 11) is 1.69. The molecule has 102 valence electrons. The van der Waals surface area contributed by atoms with Crippen LogP contribution in [0.2, 0.25) is 0 Å². The van der Waals surface area contributed by atoms with Crippen LogP contribution in [-0.4, -0.2) is 23.4 Å². The third kappa shape index (κ3) is 3.35. The van der Waals surface area contributed by atoms with Crippen molar-refractivity contribution in [2.75, 3.05) is 13.7 Å². The highest BCUT2D eigenvalue weighted by Gasteiger charge is 2.06. The first-order valence-corrected chi connectivity index (χ1v) is 6.59. The number of nitrogens with one attached hydrogen (secondary N) is 1. The quantitative estimate of drug-likeness (QED) is 0.865. The van der Waals surface area contributed by atoms with Crippen LogP contribution in [0.5, 0.6) is 5.75 Å². The van der Waals surface area contributed by atoms with Gasteiger partial charge in [0, 0.05) is 17.8 Å². The van der Waals surface area contributed by atoms with Crippen molar-refractivity contribution in [3.63, 3.8) is 0 Å². The highest BCUT2D eigenvalue weighted by atomic mass is 16.5. The van der Waals surface area contributed by atoms with E-state index in [0.29, 0.717) is 0 Å². The predicted octanol–water partition coefficient (Wildman–Crippen LogP) is 2.36. The van der Waals surface area contributed by atoms with Crippen molar-refractivity contribution in [3.8, 4) is 5.75 Å². The van der Waals surface area contributed by atoms with Gasteiger partial charge in [0.15, 0.2) is 0 Å². The zero-order valence-corrected chi connectivity index (χ0v) is 11.8. The summed E-state index contributed by atoms with van der Waals surface area (Å²) in [5.41, 5.74) is 3.66. The Hall–Kier alpha value is -1.81. The number of benzene rings is 1. The lowest BCUT2D eigenvalue weighted by atomic mass is 10.2. The van der Waals surface area contributed by atoms with Crippen LogP contribution >= 0.6 is 0 Å². The Labute approximate surface area is 114 Å². The molecular weight excluding hydrogens is 238 g/mol. The lowest BCUT2D eigenvalue weighted by Crippen LogP contribution is -2.12. The number of nitrogens with zero attached hydrogens (tertiary/aromatic N) is 2. The van der Waals surface area contributed by atoms with E-state index in [1.807, 2.05) is 29.1 Å². The van der Waals surface area contributed by atoms with Crippen LogP contribution in [0.25, 0.3) is 0 Å². The van der Waals surface area contributed by atoms with E-state index in [0.717, 1.165) is 25.4 Å². The first-order valence-electron chi connectivity index (χ1n) is 6.59. The van der Waals surface area contributed by atoms with Gasteiger partial charge in [-0.15, -0.1) is 0 Å². The van der Waals surface area contributed by atoms with E-state index in [2.05, 4.69) is 30.3 Å². The molecular formula is C15H21N3O. The molecule has 2 rings (SSSR count). The highest BCUT2D eigenvalue weighted by molar-refractivity contribution is 5.29. The molecule has 0 aliphatic heterocycles. The number of ether oxygens (including phenoxy) is 1. The van der Waals surface area contributed by atoms with Gasteiger partial charge in [0.1, 0.15) is 5.75 Å². The zero-order chi connectivity index (χ0) is 13.7. The maximum Gasteiger partial charge on any atom is 0.119 e. The topological polar surface area (TPSA) is 39.1 Å². The molecule has 4 heteroatoms. The predicted molar refractivity (Wildman–Crippen MR) is 76.4 cm³/mol. The Morgan fingerprint density at radius 2 is 2.21 bits per heavy atom. The average Bonchev–Trinajstić information content (AvgIpc) is 2.78. The van der Waals surface area contributed by atoms with Gasteiger partial charge in [-0.05, 0) is 31.2 Å². The third-order valence-corrected chi connectivity index (χ3v) is 3.24. The molecule has 0 atom stereocenters. The second-order valence-electron chi connectivity index (χ2n) is 4.54. The smallest absolute Gasteiger partial charge is 0.119 e. The van der Waals surface area contributed by atoms with Crippen molar-refractivity contribution in [2.24, 2.45) is 0 Å². The van der Waals surface area contributed by atoms with Gasteiger partial charge in [0.05, 0.1) is 19.9 Å². The molecule has 0 aliphatic rings. The molecule has 1 N–H and O–H groups in total. The van der Waals surface area contributed by atoms with E-state index in [-0.39, 0.29) is 0 Å². The molecule has 0 unspecified atom stereocenters. The maximum absolute atomic E-state index is 5.24. The van der Waals surface area contributed by atoms with Crippen LogP contribution < -0.4 is 10.1 Å². The van der Waals surface area contributed by atoms with Gasteiger partial charge in [-0.3, -0.25) is 4.68 Å². The van der Waals surface area contributed by atoms with E-state index in [1.165, 1.54) is 16.8 Å². The first kappa shape index (κ1) is 13.6. The van der Waals surface area contributed by atoms with E-state index in [1.54, 1.807) is 7.11 Å². The van der Waals surface area contributed by atoms with Gasteiger partial charge in [-0.25, -0.2) is 0 Å². The molecule has 0 aliphatic carbocycles. The Bertz CT molecular complexity index is 534. The fraction of sp³-hybridized carbons (Fsp3) is 0.400. The van der Waals surface area contributed by atoms with Crippen LogP contribution in [0.1, 0.15) is 23.7 Å². The molecule has 0 radical (unpaired) electrons. The lowest BCUT2D eigenvalue weighted by molar-refractivity contribution is 0.414. The third-order valence-electron chi connectivity index (χ3n) is 3.24. The van der Waals surface area contributed by atoms with Gasteiger partial charge in [0.2, 0.25) is 0 Å². The summed E-state index contributed by atoms with van der Waals surface area (Å²) < 4.78 is 7.27. The number of hydrogen-bond acceptors (Lipinski definition) is 3. The van der Waals surface area contributed by atoms with Crippen LogP contribution in [0, 0.1) is 6.92 Å². The van der Waals surface area contributed by atoms with Crippen LogP contribution in [-0.2, 0) is 13.1 Å². The summed E-state index contributed by atoms with van der Waals surface area (Å²) in [6, 6.07) is 8.10. The molecule has 0 saturated heterocycles. The first-order chi connectivity index (χ1) is 9.24. The molecule has 0 spiro atoms. The van der Waals surface area contributed by atoms with Gasteiger partial charge in [-0.2, -0.15) is 5.10 Å². The van der Waals surface area contributed by atoms with Gasteiger partial charge >= 0.3 is 0 Å². The average molecular weight is 259 g/mol. The van der Waals surface area contributed by atoms with Crippen LogP contribution in [0.3, 0.4) is 0 Å². The summed E-state index contributed by atoms with van der Waals surface area (Å²) in [6.07, 6.45) is 1.94. The summed E-state index contributed by atoms with van der Waals surface area (Å²) in [5.74, 6) is 0.884. The maximum atomic E-state index is 5.24. The van der Waals surface area contributed by atoms with E-state index in [9.17, 15) is 0 Å². The summed E-state index contributed by atoms with van der Waals surface area (Å²) in [6.45, 7) is 6.84. The SMILES string of the molecule is CCNCc1cnn(Cc2cccc(OC)c2)c1C. The summed E-state index contributed by atoms with van der Waals surface area (Å²) in [4.78, 5) is 0. The van der Waals surface area contributed by atoms with Crippen molar-refractivity contribution in [3.05, 3.63) is 47.3 Å². The summed E-state index contributed by atoms with van der Waals surface area (Å²) >= 11 is 0. The molecule has 0 fully saturated rings. The minimum Gasteiger partial charge on any atom is -0.497 e. The number of rotatable bonds is 6. The minimum absolute atomic E-state index is 0.773. The Kier molecular flexibility index (Phi) is 4.58. The molecule has 0 amide bonds. The second-order valence-corrected chi connectivity index (χ2v) is 4.54. The molecule has 1 heterocycles. The van der Waals surface area contributed by atoms with Crippen LogP contribution in [0.4, 0.5) is 0 Å². The molecule has 0 bridgehead atoms. The van der Waals surface area contributed by atoms with Crippen molar-refractivity contribution < 1.29 is 4.74 Å². The largest absolute Gasteiger partial charge is 0.497 e. The van der Waals surface area contributed by atoms with E-state index in [4.69, 9.17) is 4.74 Å². The fourth-order valence-electron chi connectivity index (χ4n) is 2.02. The molecule has 1 aromatic carbocycles. The van der Waals surface area contributed by atoms with Crippen molar-refractivity contribution in [2.45, 2.75) is 26.9 Å². The standard InChI is InChI=1S/C15H21N3O/c1-4-16-9-14-10-17-18(12(14)2)11-13-6-5-7-15(8-13)19-3/h5-8,10,16H,4,9,11H2,1-3H3. The molecule has 19 heavy (non-hydrogen) atoms. The molecule has 2 aromatic rings. The lowest BCUT2D eigenvalue weighted by Gasteiger charge is -2.07. The minimum atomic E-state index is 0.773. The van der Waals surface area contributed by atoms with Gasteiger partial charge in [0.25, 0.3) is 0 Å². The van der Waals surface area contributed by atoms with Crippen molar-refractivity contribution in [1.82, 2.24) is 15.1 Å². The van der Waals surface area contributed by atoms with E-state index < -0.39 is 0 Å².